The number of hydrogen-bond donors (Lipinski definition) is 1. The number of benzene rings is 2. The van der Waals surface area contributed by atoms with Crippen molar-refractivity contribution < 1.29 is 4.79 Å². The number of fused-ring (bicyclic) bond motifs is 2. The minimum atomic E-state index is 0.138. The Labute approximate surface area is 162 Å². The molecule has 1 amide bonds. The monoisotopic (exact) mass is 363 g/mol. The zero-order chi connectivity index (χ0) is 18.6. The van der Waals surface area contributed by atoms with Crippen molar-refractivity contribution >= 4 is 5.91 Å². The van der Waals surface area contributed by atoms with Crippen LogP contribution in [0.1, 0.15) is 28.2 Å². The number of carbonyl (C=O) groups is 1. The quantitative estimate of drug-likeness (QED) is 0.905. The van der Waals surface area contributed by atoms with E-state index in [0.717, 1.165) is 39.0 Å². The number of piperazine rings is 1. The lowest BCUT2D eigenvalue weighted by molar-refractivity contribution is -0.122. The highest BCUT2D eigenvalue weighted by Crippen LogP contribution is 2.33. The van der Waals surface area contributed by atoms with Crippen molar-refractivity contribution in [3.8, 4) is 0 Å². The highest BCUT2D eigenvalue weighted by molar-refractivity contribution is 5.78. The van der Waals surface area contributed by atoms with Crippen molar-refractivity contribution in [3.05, 3.63) is 70.8 Å². The second-order valence-corrected chi connectivity index (χ2v) is 7.83. The van der Waals surface area contributed by atoms with Crippen LogP contribution in [0.2, 0.25) is 0 Å². The van der Waals surface area contributed by atoms with Crippen molar-refractivity contribution in [1.29, 1.82) is 0 Å². The van der Waals surface area contributed by atoms with Gasteiger partial charge in [0.15, 0.2) is 0 Å². The summed E-state index contributed by atoms with van der Waals surface area (Å²) in [6, 6.07) is 17.4. The molecule has 0 bridgehead atoms. The standard InChI is InChI=1S/C23H29N3O/c1-25-12-14-26(15-13-25)17-23(27)24-16-22-20-8-4-2-6-18(20)10-11-19-7-3-5-9-21(19)22/h2-9,22H,10-17H2,1H3,(H,24,27). The molecule has 4 nitrogen and oxygen atoms in total. The van der Waals surface area contributed by atoms with Gasteiger partial charge in [0.1, 0.15) is 0 Å². The molecule has 0 aromatic heterocycles. The maximum absolute atomic E-state index is 12.6. The largest absolute Gasteiger partial charge is 0.354 e. The average molecular weight is 364 g/mol. The van der Waals surface area contributed by atoms with Crippen LogP contribution < -0.4 is 5.32 Å². The Morgan fingerprint density at radius 1 is 0.926 bits per heavy atom. The first-order chi connectivity index (χ1) is 13.2. The van der Waals surface area contributed by atoms with Crippen molar-refractivity contribution in [2.24, 2.45) is 0 Å². The van der Waals surface area contributed by atoms with Crippen LogP contribution in [0.4, 0.5) is 0 Å². The molecule has 0 radical (unpaired) electrons. The summed E-state index contributed by atoms with van der Waals surface area (Å²) in [5, 5.41) is 3.23. The summed E-state index contributed by atoms with van der Waals surface area (Å²) in [6.07, 6.45) is 2.14. The van der Waals surface area contributed by atoms with E-state index in [0.29, 0.717) is 13.1 Å². The summed E-state index contributed by atoms with van der Waals surface area (Å²) in [7, 11) is 2.14. The number of rotatable bonds is 4. The van der Waals surface area contributed by atoms with E-state index in [-0.39, 0.29) is 11.8 Å². The van der Waals surface area contributed by atoms with Gasteiger partial charge < -0.3 is 10.2 Å². The van der Waals surface area contributed by atoms with Gasteiger partial charge in [0.25, 0.3) is 0 Å². The third-order valence-electron chi connectivity index (χ3n) is 5.99. The molecule has 0 atom stereocenters. The van der Waals surface area contributed by atoms with Crippen molar-refractivity contribution in [3.63, 3.8) is 0 Å². The molecule has 4 rings (SSSR count). The van der Waals surface area contributed by atoms with Gasteiger partial charge in [-0.3, -0.25) is 9.69 Å². The lowest BCUT2D eigenvalue weighted by atomic mass is 9.88. The molecule has 0 unspecified atom stereocenters. The summed E-state index contributed by atoms with van der Waals surface area (Å²) in [4.78, 5) is 17.1. The van der Waals surface area contributed by atoms with E-state index in [4.69, 9.17) is 0 Å². The fourth-order valence-electron chi connectivity index (χ4n) is 4.34. The van der Waals surface area contributed by atoms with E-state index in [9.17, 15) is 4.79 Å². The van der Waals surface area contributed by atoms with Crippen LogP contribution in [0.15, 0.2) is 48.5 Å². The number of likely N-dealkylation sites (N-methyl/N-ethyl adjacent to an activating group) is 1. The summed E-state index contributed by atoms with van der Waals surface area (Å²) >= 11 is 0. The van der Waals surface area contributed by atoms with E-state index >= 15 is 0 Å². The van der Waals surface area contributed by atoms with E-state index < -0.39 is 0 Å². The molecule has 1 heterocycles. The van der Waals surface area contributed by atoms with E-state index in [1.165, 1.54) is 22.3 Å². The predicted octanol–water partition coefficient (Wildman–Crippen LogP) is 2.28. The molecule has 0 spiro atoms. The smallest absolute Gasteiger partial charge is 0.234 e. The van der Waals surface area contributed by atoms with Gasteiger partial charge >= 0.3 is 0 Å². The SMILES string of the molecule is CN1CCN(CC(=O)NCC2c3ccccc3CCc3ccccc32)CC1. The lowest BCUT2D eigenvalue weighted by Gasteiger charge is -2.32. The number of hydrogen-bond acceptors (Lipinski definition) is 3. The molecular formula is C23H29N3O. The average Bonchev–Trinajstić information content (AvgIpc) is 2.85. The topological polar surface area (TPSA) is 35.6 Å². The van der Waals surface area contributed by atoms with Crippen LogP contribution in [0.25, 0.3) is 0 Å². The Morgan fingerprint density at radius 3 is 2.07 bits per heavy atom. The molecule has 27 heavy (non-hydrogen) atoms. The highest BCUT2D eigenvalue weighted by atomic mass is 16.2. The minimum absolute atomic E-state index is 0.138. The van der Waals surface area contributed by atoms with Gasteiger partial charge in [0, 0.05) is 38.6 Å². The zero-order valence-electron chi connectivity index (χ0n) is 16.2. The van der Waals surface area contributed by atoms with Crippen LogP contribution >= 0.6 is 0 Å². The maximum Gasteiger partial charge on any atom is 0.234 e. The maximum atomic E-state index is 12.6. The summed E-state index contributed by atoms with van der Waals surface area (Å²) in [6.45, 7) is 5.19. The number of carbonyl (C=O) groups excluding carboxylic acids is 1. The van der Waals surface area contributed by atoms with Crippen molar-refractivity contribution in [2.45, 2.75) is 18.8 Å². The Hall–Kier alpha value is -2.17. The van der Waals surface area contributed by atoms with Crippen LogP contribution in [0, 0.1) is 0 Å². The summed E-state index contributed by atoms with van der Waals surface area (Å²) in [5.74, 6) is 0.370. The molecule has 1 N–H and O–H groups in total. The first kappa shape index (κ1) is 18.2. The van der Waals surface area contributed by atoms with E-state index in [2.05, 4.69) is 70.7 Å². The van der Waals surface area contributed by atoms with Crippen LogP contribution in [-0.4, -0.2) is 62.0 Å². The van der Waals surface area contributed by atoms with Gasteiger partial charge in [0.2, 0.25) is 5.91 Å². The van der Waals surface area contributed by atoms with Crippen LogP contribution in [0.3, 0.4) is 0 Å². The first-order valence-corrected chi connectivity index (χ1v) is 10.0. The second-order valence-electron chi connectivity index (χ2n) is 7.83. The Balaban J connectivity index is 1.47. The Bertz CT molecular complexity index is 748. The fourth-order valence-corrected chi connectivity index (χ4v) is 4.34. The van der Waals surface area contributed by atoms with Gasteiger partial charge in [-0.1, -0.05) is 48.5 Å². The van der Waals surface area contributed by atoms with Gasteiger partial charge in [-0.2, -0.15) is 0 Å². The fraction of sp³-hybridized carbons (Fsp3) is 0.435. The van der Waals surface area contributed by atoms with Crippen LogP contribution in [-0.2, 0) is 17.6 Å². The van der Waals surface area contributed by atoms with E-state index in [1.54, 1.807) is 0 Å². The minimum Gasteiger partial charge on any atom is -0.354 e. The molecule has 1 fully saturated rings. The summed E-state index contributed by atoms with van der Waals surface area (Å²) in [5.41, 5.74) is 5.55. The molecule has 2 aliphatic rings. The van der Waals surface area contributed by atoms with Gasteiger partial charge in [-0.05, 0) is 42.1 Å². The second kappa shape index (κ2) is 8.24. The molecule has 142 valence electrons. The highest BCUT2D eigenvalue weighted by Gasteiger charge is 2.24. The summed E-state index contributed by atoms with van der Waals surface area (Å²) < 4.78 is 0. The normalized spacial score (nSPS) is 18.4. The predicted molar refractivity (Wildman–Crippen MR) is 109 cm³/mol. The molecule has 0 saturated carbocycles. The van der Waals surface area contributed by atoms with Gasteiger partial charge in [0.05, 0.1) is 6.54 Å². The first-order valence-electron chi connectivity index (χ1n) is 10.0. The van der Waals surface area contributed by atoms with Crippen molar-refractivity contribution in [1.82, 2.24) is 15.1 Å². The molecule has 1 aliphatic carbocycles. The molecule has 2 aromatic carbocycles. The third kappa shape index (κ3) is 4.23. The Morgan fingerprint density at radius 2 is 1.48 bits per heavy atom. The number of nitrogens with one attached hydrogen (secondary N) is 1. The number of amides is 1. The molecule has 1 aliphatic heterocycles. The molecule has 2 aromatic rings. The zero-order valence-corrected chi connectivity index (χ0v) is 16.2. The molecular weight excluding hydrogens is 334 g/mol. The molecule has 4 heteroatoms. The molecule has 1 saturated heterocycles. The Kier molecular flexibility index (Phi) is 5.55. The number of aryl methyl sites for hydroxylation is 2. The van der Waals surface area contributed by atoms with Gasteiger partial charge in [-0.15, -0.1) is 0 Å². The van der Waals surface area contributed by atoms with E-state index in [1.807, 2.05) is 0 Å². The third-order valence-corrected chi connectivity index (χ3v) is 5.99. The number of nitrogens with zero attached hydrogens (tertiary/aromatic N) is 2. The van der Waals surface area contributed by atoms with Gasteiger partial charge in [-0.25, -0.2) is 0 Å². The van der Waals surface area contributed by atoms with Crippen LogP contribution in [0.5, 0.6) is 0 Å². The van der Waals surface area contributed by atoms with Crippen molar-refractivity contribution in [2.75, 3.05) is 46.3 Å². The lowest BCUT2D eigenvalue weighted by Crippen LogP contribution is -2.48.